The highest BCUT2D eigenvalue weighted by Gasteiger charge is 2.07. The normalized spacial score (nSPS) is 10.1. The molecule has 6 nitrogen and oxygen atoms in total. The van der Waals surface area contributed by atoms with E-state index in [2.05, 4.69) is 10.3 Å². The van der Waals surface area contributed by atoms with Crippen molar-refractivity contribution >= 4 is 17.4 Å². The topological polar surface area (TPSA) is 107 Å². The lowest BCUT2D eigenvalue weighted by atomic mass is 10.2. The highest BCUT2D eigenvalue weighted by atomic mass is 16.3. The number of aromatic nitrogens is 1. The van der Waals surface area contributed by atoms with Crippen LogP contribution >= 0.6 is 0 Å². The second kappa shape index (κ2) is 4.56. The van der Waals surface area contributed by atoms with E-state index in [0.29, 0.717) is 12.4 Å². The van der Waals surface area contributed by atoms with Crippen LogP contribution < -0.4 is 16.8 Å². The molecule has 2 rings (SSSR count). The number of amides is 1. The number of hydrogen-bond acceptors (Lipinski definition) is 5. The summed E-state index contributed by atoms with van der Waals surface area (Å²) in [5, 5.41) is 3.00. The Kier molecular flexibility index (Phi) is 2.95. The van der Waals surface area contributed by atoms with Gasteiger partial charge in [0.05, 0.1) is 30.3 Å². The van der Waals surface area contributed by atoms with Crippen molar-refractivity contribution in [3.05, 3.63) is 42.0 Å². The summed E-state index contributed by atoms with van der Waals surface area (Å²) in [5.41, 5.74) is 11.3. The van der Waals surface area contributed by atoms with E-state index in [1.807, 2.05) is 6.07 Å². The van der Waals surface area contributed by atoms with Gasteiger partial charge in [0.15, 0.2) is 0 Å². The van der Waals surface area contributed by atoms with Gasteiger partial charge in [0.2, 0.25) is 0 Å². The molecule has 0 radical (unpaired) electrons. The van der Waals surface area contributed by atoms with Crippen LogP contribution in [0.15, 0.2) is 35.1 Å². The minimum absolute atomic E-state index is 0.252. The summed E-state index contributed by atoms with van der Waals surface area (Å²) in [7, 11) is 0. The molecule has 6 heteroatoms. The van der Waals surface area contributed by atoms with Crippen LogP contribution in [0, 0.1) is 0 Å². The summed E-state index contributed by atoms with van der Waals surface area (Å²) in [6.45, 7) is 0.474. The maximum atomic E-state index is 11.1. The molecule has 5 N–H and O–H groups in total. The lowest BCUT2D eigenvalue weighted by Crippen LogP contribution is -2.14. The average molecular weight is 232 g/mol. The van der Waals surface area contributed by atoms with Gasteiger partial charge in [-0.3, -0.25) is 4.79 Å². The number of carbonyl (C=O) groups excluding carboxylic acids is 1. The predicted octanol–water partition coefficient (Wildman–Crippen LogP) is 0.968. The molecule has 0 fully saturated rings. The van der Waals surface area contributed by atoms with Crippen molar-refractivity contribution in [1.82, 2.24) is 4.98 Å². The number of anilines is 2. The van der Waals surface area contributed by atoms with Gasteiger partial charge in [-0.15, -0.1) is 0 Å². The molecule has 0 aliphatic heterocycles. The van der Waals surface area contributed by atoms with Crippen LogP contribution in [0.2, 0.25) is 0 Å². The number of primary amides is 1. The third kappa shape index (κ3) is 2.54. The standard InChI is InChI=1S/C11H12N4O2/c12-9-6-15-10(4-8(9)11(13)16)14-5-7-2-1-3-17-7/h1-4,6H,5,12H2,(H2,13,16)(H,14,15). The number of pyridine rings is 1. The number of carbonyl (C=O) groups is 1. The van der Waals surface area contributed by atoms with Gasteiger partial charge in [-0.25, -0.2) is 4.98 Å². The van der Waals surface area contributed by atoms with Crippen LogP contribution in [0.5, 0.6) is 0 Å². The molecule has 2 aromatic heterocycles. The zero-order valence-electron chi connectivity index (χ0n) is 9.01. The third-order valence-corrected chi connectivity index (χ3v) is 2.22. The highest BCUT2D eigenvalue weighted by Crippen LogP contribution is 2.14. The largest absolute Gasteiger partial charge is 0.467 e. The first-order chi connectivity index (χ1) is 8.16. The van der Waals surface area contributed by atoms with E-state index in [1.54, 1.807) is 12.3 Å². The molecular weight excluding hydrogens is 220 g/mol. The Balaban J connectivity index is 2.11. The first-order valence-electron chi connectivity index (χ1n) is 4.98. The molecular formula is C11H12N4O2. The fourth-order valence-corrected chi connectivity index (χ4v) is 1.37. The molecule has 2 aromatic rings. The molecule has 0 aromatic carbocycles. The smallest absolute Gasteiger partial charge is 0.250 e. The minimum atomic E-state index is -0.578. The Bertz CT molecular complexity index is 522. The van der Waals surface area contributed by atoms with Crippen molar-refractivity contribution in [3.63, 3.8) is 0 Å². The van der Waals surface area contributed by atoms with Gasteiger partial charge >= 0.3 is 0 Å². The Morgan fingerprint density at radius 3 is 3.00 bits per heavy atom. The summed E-state index contributed by atoms with van der Waals surface area (Å²) < 4.78 is 5.15. The van der Waals surface area contributed by atoms with E-state index in [0.717, 1.165) is 5.76 Å². The minimum Gasteiger partial charge on any atom is -0.467 e. The number of rotatable bonds is 4. The van der Waals surface area contributed by atoms with Gasteiger partial charge in [-0.05, 0) is 18.2 Å². The molecule has 0 saturated carbocycles. The molecule has 0 saturated heterocycles. The second-order valence-electron chi connectivity index (χ2n) is 3.45. The summed E-state index contributed by atoms with van der Waals surface area (Å²) in [5.74, 6) is 0.708. The molecule has 0 atom stereocenters. The Labute approximate surface area is 97.6 Å². The SMILES string of the molecule is NC(=O)c1cc(NCc2ccco2)ncc1N. The monoisotopic (exact) mass is 232 g/mol. The molecule has 1 amide bonds. The zero-order chi connectivity index (χ0) is 12.3. The van der Waals surface area contributed by atoms with E-state index >= 15 is 0 Å². The summed E-state index contributed by atoms with van der Waals surface area (Å²) in [6.07, 6.45) is 2.98. The summed E-state index contributed by atoms with van der Waals surface area (Å²) in [4.78, 5) is 15.1. The van der Waals surface area contributed by atoms with Crippen molar-refractivity contribution in [2.75, 3.05) is 11.1 Å². The fraction of sp³-hybridized carbons (Fsp3) is 0.0909. The molecule has 0 spiro atoms. The Morgan fingerprint density at radius 1 is 1.53 bits per heavy atom. The first-order valence-corrected chi connectivity index (χ1v) is 4.98. The number of nitrogens with one attached hydrogen (secondary N) is 1. The molecule has 17 heavy (non-hydrogen) atoms. The van der Waals surface area contributed by atoms with Crippen molar-refractivity contribution in [2.45, 2.75) is 6.54 Å². The average Bonchev–Trinajstić information content (AvgIpc) is 2.80. The van der Waals surface area contributed by atoms with Crippen LogP contribution in [-0.2, 0) is 6.54 Å². The van der Waals surface area contributed by atoms with Gasteiger partial charge in [0.25, 0.3) is 5.91 Å². The maximum absolute atomic E-state index is 11.1. The molecule has 0 unspecified atom stereocenters. The number of nitrogens with zero attached hydrogens (tertiary/aromatic N) is 1. The van der Waals surface area contributed by atoms with Crippen molar-refractivity contribution in [3.8, 4) is 0 Å². The number of hydrogen-bond donors (Lipinski definition) is 3. The lowest BCUT2D eigenvalue weighted by molar-refractivity contribution is 0.100. The van der Waals surface area contributed by atoms with Crippen LogP contribution in [-0.4, -0.2) is 10.9 Å². The van der Waals surface area contributed by atoms with E-state index < -0.39 is 5.91 Å². The fourth-order valence-electron chi connectivity index (χ4n) is 1.37. The zero-order valence-corrected chi connectivity index (χ0v) is 9.01. The number of nitrogen functional groups attached to an aromatic ring is 1. The quantitative estimate of drug-likeness (QED) is 0.728. The first kappa shape index (κ1) is 11.0. The van der Waals surface area contributed by atoms with Crippen LogP contribution in [0.1, 0.15) is 16.1 Å². The van der Waals surface area contributed by atoms with Crippen molar-refractivity contribution in [2.24, 2.45) is 5.73 Å². The van der Waals surface area contributed by atoms with Gasteiger partial charge < -0.3 is 21.2 Å². The van der Waals surface area contributed by atoms with Crippen molar-refractivity contribution < 1.29 is 9.21 Å². The summed E-state index contributed by atoms with van der Waals surface area (Å²) >= 11 is 0. The molecule has 88 valence electrons. The van der Waals surface area contributed by atoms with E-state index in [4.69, 9.17) is 15.9 Å². The van der Waals surface area contributed by atoms with Gasteiger partial charge in [-0.1, -0.05) is 0 Å². The van der Waals surface area contributed by atoms with Crippen LogP contribution in [0.3, 0.4) is 0 Å². The Hall–Kier alpha value is -2.50. The van der Waals surface area contributed by atoms with Crippen LogP contribution in [0.4, 0.5) is 11.5 Å². The predicted molar refractivity (Wildman–Crippen MR) is 63.2 cm³/mol. The van der Waals surface area contributed by atoms with E-state index in [1.165, 1.54) is 12.3 Å². The maximum Gasteiger partial charge on any atom is 0.250 e. The lowest BCUT2D eigenvalue weighted by Gasteiger charge is -2.06. The molecule has 0 aliphatic carbocycles. The van der Waals surface area contributed by atoms with Gasteiger partial charge in [0.1, 0.15) is 11.6 Å². The third-order valence-electron chi connectivity index (χ3n) is 2.22. The number of furan rings is 1. The van der Waals surface area contributed by atoms with Gasteiger partial charge in [-0.2, -0.15) is 0 Å². The number of nitrogens with two attached hydrogens (primary N) is 2. The summed E-state index contributed by atoms with van der Waals surface area (Å²) in [6, 6.07) is 5.14. The molecule has 0 aliphatic rings. The molecule has 2 heterocycles. The van der Waals surface area contributed by atoms with E-state index in [9.17, 15) is 4.79 Å². The van der Waals surface area contributed by atoms with Crippen molar-refractivity contribution in [1.29, 1.82) is 0 Å². The van der Waals surface area contributed by atoms with E-state index in [-0.39, 0.29) is 11.3 Å². The highest BCUT2D eigenvalue weighted by molar-refractivity contribution is 5.98. The Morgan fingerprint density at radius 2 is 2.35 bits per heavy atom. The van der Waals surface area contributed by atoms with Crippen LogP contribution in [0.25, 0.3) is 0 Å². The molecule has 0 bridgehead atoms. The van der Waals surface area contributed by atoms with Gasteiger partial charge in [0, 0.05) is 0 Å². The second-order valence-corrected chi connectivity index (χ2v) is 3.45.